The molecule has 2 heterocycles. The van der Waals surface area contributed by atoms with Gasteiger partial charge in [0.25, 0.3) is 0 Å². The molecular weight excluding hydrogens is 346 g/mol. The topological polar surface area (TPSA) is 12.0 Å². The van der Waals surface area contributed by atoms with Crippen molar-refractivity contribution in [3.63, 3.8) is 0 Å². The lowest BCUT2D eigenvalue weighted by molar-refractivity contribution is 0.821. The maximum Gasteiger partial charge on any atom is 0.0467 e. The molecule has 2 aliphatic rings. The van der Waals surface area contributed by atoms with Crippen LogP contribution in [0, 0.1) is 6.92 Å². The number of hydrogen-bond donors (Lipinski definition) is 1. The summed E-state index contributed by atoms with van der Waals surface area (Å²) >= 11 is 1.97. The molecular formula is C25H21NS. The van der Waals surface area contributed by atoms with Crippen LogP contribution in [-0.2, 0) is 6.42 Å². The van der Waals surface area contributed by atoms with Crippen molar-refractivity contribution in [1.29, 1.82) is 0 Å². The smallest absolute Gasteiger partial charge is 0.0467 e. The first-order valence-corrected chi connectivity index (χ1v) is 10.6. The Hall–Kier alpha value is -2.58. The van der Waals surface area contributed by atoms with E-state index >= 15 is 0 Å². The minimum Gasteiger partial charge on any atom is -0.385 e. The Kier molecular flexibility index (Phi) is 3.27. The van der Waals surface area contributed by atoms with Gasteiger partial charge in [-0.3, -0.25) is 0 Å². The van der Waals surface area contributed by atoms with Crippen LogP contribution < -0.4 is 5.32 Å². The quantitative estimate of drug-likeness (QED) is 0.346. The molecule has 0 amide bonds. The summed E-state index contributed by atoms with van der Waals surface area (Å²) < 4.78 is 1.40. The van der Waals surface area contributed by atoms with Gasteiger partial charge in [0.05, 0.1) is 0 Å². The van der Waals surface area contributed by atoms with Crippen LogP contribution in [-0.4, -0.2) is 6.54 Å². The zero-order valence-electron chi connectivity index (χ0n) is 15.4. The molecule has 3 aromatic carbocycles. The highest BCUT2D eigenvalue weighted by molar-refractivity contribution is 7.20. The molecule has 0 saturated heterocycles. The first kappa shape index (κ1) is 15.5. The molecule has 0 saturated carbocycles. The molecule has 0 radical (unpaired) electrons. The number of benzene rings is 3. The van der Waals surface area contributed by atoms with E-state index in [-0.39, 0.29) is 0 Å². The van der Waals surface area contributed by atoms with E-state index < -0.39 is 0 Å². The standard InChI is InChI=1S/C25H21NS/c1-15-11-12-17-20(14-15)23-18-8-2-3-10-21(18)27-25(23)22(17)19-9-4-6-16-7-5-13-26-24(16)19/h2-4,6,8-12,14,22,26H,5,7,13H2,1H3. The predicted octanol–water partition coefficient (Wildman–Crippen LogP) is 6.73. The van der Waals surface area contributed by atoms with E-state index in [1.54, 1.807) is 0 Å². The minimum atomic E-state index is 0.341. The number of aryl methyl sites for hydroxylation is 2. The lowest BCUT2D eigenvalue weighted by Gasteiger charge is -2.25. The number of para-hydroxylation sites is 1. The number of anilines is 1. The summed E-state index contributed by atoms with van der Waals surface area (Å²) in [5.41, 5.74) is 10.0. The molecule has 1 unspecified atom stereocenters. The molecule has 1 atom stereocenters. The Morgan fingerprint density at radius 1 is 0.963 bits per heavy atom. The Balaban J connectivity index is 1.68. The highest BCUT2D eigenvalue weighted by atomic mass is 32.1. The molecule has 2 heteroatoms. The first-order chi connectivity index (χ1) is 13.3. The fourth-order valence-corrected chi connectivity index (χ4v) is 6.27. The predicted molar refractivity (Wildman–Crippen MR) is 116 cm³/mol. The molecule has 0 bridgehead atoms. The van der Waals surface area contributed by atoms with Gasteiger partial charge in [-0.15, -0.1) is 11.3 Å². The fourth-order valence-electron chi connectivity index (χ4n) is 4.91. The minimum absolute atomic E-state index is 0.341. The van der Waals surface area contributed by atoms with Gasteiger partial charge in [0.2, 0.25) is 0 Å². The van der Waals surface area contributed by atoms with Crippen molar-refractivity contribution in [2.24, 2.45) is 0 Å². The molecule has 1 aromatic heterocycles. The van der Waals surface area contributed by atoms with Gasteiger partial charge < -0.3 is 5.32 Å². The summed E-state index contributed by atoms with van der Waals surface area (Å²) in [4.78, 5) is 1.51. The molecule has 27 heavy (non-hydrogen) atoms. The number of hydrogen-bond acceptors (Lipinski definition) is 2. The summed E-state index contributed by atoms with van der Waals surface area (Å²) in [5, 5.41) is 5.13. The van der Waals surface area contributed by atoms with Crippen LogP contribution in [0.4, 0.5) is 5.69 Å². The van der Waals surface area contributed by atoms with Gasteiger partial charge in [-0.1, -0.05) is 60.2 Å². The van der Waals surface area contributed by atoms with Crippen LogP contribution in [0.25, 0.3) is 21.2 Å². The monoisotopic (exact) mass is 367 g/mol. The third-order valence-electron chi connectivity index (χ3n) is 6.09. The summed E-state index contributed by atoms with van der Waals surface area (Å²) in [6.07, 6.45) is 2.41. The van der Waals surface area contributed by atoms with Crippen molar-refractivity contribution in [3.05, 3.63) is 87.8 Å². The normalized spacial score (nSPS) is 17.3. The van der Waals surface area contributed by atoms with E-state index in [2.05, 4.69) is 72.9 Å². The summed E-state index contributed by atoms with van der Waals surface area (Å²) in [6, 6.07) is 22.8. The van der Waals surface area contributed by atoms with E-state index in [4.69, 9.17) is 0 Å². The molecule has 1 aliphatic carbocycles. The maximum atomic E-state index is 3.72. The zero-order valence-corrected chi connectivity index (χ0v) is 16.2. The van der Waals surface area contributed by atoms with Crippen LogP contribution in [0.1, 0.15) is 39.5 Å². The first-order valence-electron chi connectivity index (χ1n) is 9.79. The van der Waals surface area contributed by atoms with Crippen molar-refractivity contribution in [2.75, 3.05) is 11.9 Å². The third-order valence-corrected chi connectivity index (χ3v) is 7.33. The third kappa shape index (κ3) is 2.17. The number of nitrogens with one attached hydrogen (secondary N) is 1. The average molecular weight is 368 g/mol. The molecule has 0 spiro atoms. The van der Waals surface area contributed by atoms with Gasteiger partial charge in [-0.25, -0.2) is 0 Å². The second-order valence-corrected chi connectivity index (χ2v) is 8.86. The maximum absolute atomic E-state index is 3.72. The van der Waals surface area contributed by atoms with E-state index in [9.17, 15) is 0 Å². The highest BCUT2D eigenvalue weighted by Gasteiger charge is 2.35. The Morgan fingerprint density at radius 3 is 2.85 bits per heavy atom. The van der Waals surface area contributed by atoms with Crippen LogP contribution >= 0.6 is 11.3 Å². The highest BCUT2D eigenvalue weighted by Crippen LogP contribution is 2.56. The van der Waals surface area contributed by atoms with Crippen molar-refractivity contribution in [2.45, 2.75) is 25.7 Å². The summed E-state index contributed by atoms with van der Waals surface area (Å²) in [5.74, 6) is 0.341. The van der Waals surface area contributed by atoms with Gasteiger partial charge >= 0.3 is 0 Å². The second-order valence-electron chi connectivity index (χ2n) is 7.77. The van der Waals surface area contributed by atoms with Crippen molar-refractivity contribution >= 4 is 27.1 Å². The van der Waals surface area contributed by atoms with Crippen molar-refractivity contribution < 1.29 is 0 Å². The largest absolute Gasteiger partial charge is 0.385 e. The van der Waals surface area contributed by atoms with Crippen LogP contribution in [0.3, 0.4) is 0 Å². The Bertz CT molecular complexity index is 1200. The summed E-state index contributed by atoms with van der Waals surface area (Å²) in [6.45, 7) is 3.28. The summed E-state index contributed by atoms with van der Waals surface area (Å²) in [7, 11) is 0. The van der Waals surface area contributed by atoms with Gasteiger partial charge in [-0.2, -0.15) is 0 Å². The SMILES string of the molecule is Cc1ccc2c(c1)-c1c(sc3ccccc13)C2c1cccc2c1NCCC2. The van der Waals surface area contributed by atoms with Gasteiger partial charge in [-0.05, 0) is 48.1 Å². The van der Waals surface area contributed by atoms with Crippen molar-refractivity contribution in [1.82, 2.24) is 0 Å². The van der Waals surface area contributed by atoms with Gasteiger partial charge in [0.15, 0.2) is 0 Å². The van der Waals surface area contributed by atoms with Crippen LogP contribution in [0.2, 0.25) is 0 Å². The lowest BCUT2D eigenvalue weighted by Crippen LogP contribution is -2.15. The van der Waals surface area contributed by atoms with E-state index in [0.717, 1.165) is 6.54 Å². The lowest BCUT2D eigenvalue weighted by atomic mass is 9.88. The second kappa shape index (κ2) is 5.71. The van der Waals surface area contributed by atoms with Gasteiger partial charge in [0, 0.05) is 38.7 Å². The molecule has 1 N–H and O–H groups in total. The molecule has 1 aliphatic heterocycles. The van der Waals surface area contributed by atoms with Crippen molar-refractivity contribution in [3.8, 4) is 11.1 Å². The molecule has 0 fully saturated rings. The fraction of sp³-hybridized carbons (Fsp3) is 0.200. The van der Waals surface area contributed by atoms with E-state index in [1.807, 2.05) is 11.3 Å². The van der Waals surface area contributed by atoms with Crippen LogP contribution in [0.15, 0.2) is 60.7 Å². The Labute approximate surface area is 163 Å². The molecule has 132 valence electrons. The van der Waals surface area contributed by atoms with E-state index in [0.29, 0.717) is 5.92 Å². The van der Waals surface area contributed by atoms with Gasteiger partial charge in [0.1, 0.15) is 0 Å². The number of rotatable bonds is 1. The number of fused-ring (bicyclic) bond motifs is 6. The molecule has 4 aromatic rings. The van der Waals surface area contributed by atoms with E-state index in [1.165, 1.54) is 66.9 Å². The zero-order chi connectivity index (χ0) is 18.0. The Morgan fingerprint density at radius 2 is 1.89 bits per heavy atom. The number of thiophene rings is 1. The average Bonchev–Trinajstić information content (AvgIpc) is 3.22. The molecule has 6 rings (SSSR count). The van der Waals surface area contributed by atoms with Crippen LogP contribution in [0.5, 0.6) is 0 Å². The molecule has 1 nitrogen and oxygen atoms in total.